The van der Waals surface area contributed by atoms with E-state index in [0.717, 1.165) is 64.9 Å². The molecule has 0 aliphatic carbocycles. The third-order valence-corrected chi connectivity index (χ3v) is 12.3. The predicted octanol–water partition coefficient (Wildman–Crippen LogP) is 6.43. The highest BCUT2D eigenvalue weighted by Gasteiger charge is 2.39. The van der Waals surface area contributed by atoms with E-state index in [4.69, 9.17) is 19.2 Å². The molecule has 2 saturated heterocycles. The molecule has 2 aliphatic rings. The standard InChI is InChI=1S/C48H54N10O7/c1-30(63-2)42(55-48(62)65-4)46(60)58-23-9-13-41(58)44-50-26-39(53-44)35-20-16-33(17-21-35)32-14-18-34(19-15-32)38-25-49-43(52-38)40-12-8-22-57(40)45(59)37(54-47(61)64-3)24-36-28-56(29-51-36)27-31-10-6-5-7-11-31/h5-7,10-11,14-21,25-26,28-30,37,40-42H,8-9,12-13,22-24,27H2,1-4H3,(H,49,52)(H,50,53)(H,54,61)(H,55,62)/t30-,37+,40+,41+,42+/m1/s1. The Kier molecular flexibility index (Phi) is 13.7. The molecule has 0 bridgehead atoms. The minimum atomic E-state index is -0.904. The maximum absolute atomic E-state index is 14.2. The third kappa shape index (κ3) is 10.1. The molecule has 0 radical (unpaired) electrons. The molecule has 4 N–H and O–H groups in total. The number of nitrogens with zero attached hydrogens (tertiary/aromatic N) is 6. The van der Waals surface area contributed by atoms with Crippen molar-refractivity contribution in [2.24, 2.45) is 0 Å². The Hall–Kier alpha value is -7.27. The smallest absolute Gasteiger partial charge is 0.407 e. The lowest BCUT2D eigenvalue weighted by Crippen LogP contribution is -2.54. The van der Waals surface area contributed by atoms with Gasteiger partial charge in [-0.2, -0.15) is 0 Å². The highest BCUT2D eigenvalue weighted by Crippen LogP contribution is 2.35. The van der Waals surface area contributed by atoms with Crippen LogP contribution in [0, 0.1) is 0 Å². The second-order valence-corrected chi connectivity index (χ2v) is 16.4. The first kappa shape index (κ1) is 44.3. The summed E-state index contributed by atoms with van der Waals surface area (Å²) in [7, 11) is 4.03. The van der Waals surface area contributed by atoms with E-state index in [1.165, 1.54) is 21.3 Å². The van der Waals surface area contributed by atoms with Crippen molar-refractivity contribution in [3.8, 4) is 33.6 Å². The molecule has 17 heteroatoms. The number of ether oxygens (including phenoxy) is 3. The summed E-state index contributed by atoms with van der Waals surface area (Å²) >= 11 is 0. The first-order chi connectivity index (χ1) is 31.6. The quantitative estimate of drug-likeness (QED) is 0.0891. The number of aromatic nitrogens is 6. The van der Waals surface area contributed by atoms with Crippen LogP contribution >= 0.6 is 0 Å². The second-order valence-electron chi connectivity index (χ2n) is 16.4. The fourth-order valence-corrected chi connectivity index (χ4v) is 8.70. The Balaban J connectivity index is 0.905. The van der Waals surface area contributed by atoms with Crippen LogP contribution < -0.4 is 10.6 Å². The Morgan fingerprint density at radius 3 is 1.75 bits per heavy atom. The van der Waals surface area contributed by atoms with Gasteiger partial charge >= 0.3 is 12.2 Å². The van der Waals surface area contributed by atoms with Crippen molar-refractivity contribution in [2.45, 2.75) is 75.8 Å². The molecule has 4 amide bonds. The Labute approximate surface area is 376 Å². The number of amides is 4. The zero-order valence-electron chi connectivity index (χ0n) is 36.9. The van der Waals surface area contributed by atoms with Gasteiger partial charge in [-0.15, -0.1) is 0 Å². The van der Waals surface area contributed by atoms with Crippen LogP contribution in [0.3, 0.4) is 0 Å². The molecule has 2 fully saturated rings. The van der Waals surface area contributed by atoms with Gasteiger partial charge in [-0.3, -0.25) is 9.59 Å². The number of alkyl carbamates (subject to hydrolysis) is 2. The minimum Gasteiger partial charge on any atom is -0.453 e. The van der Waals surface area contributed by atoms with Crippen molar-refractivity contribution in [1.29, 1.82) is 0 Å². The van der Waals surface area contributed by atoms with Gasteiger partial charge in [0, 0.05) is 39.4 Å². The molecule has 65 heavy (non-hydrogen) atoms. The van der Waals surface area contributed by atoms with Gasteiger partial charge in [-0.05, 0) is 60.4 Å². The molecule has 17 nitrogen and oxygen atoms in total. The van der Waals surface area contributed by atoms with E-state index in [-0.39, 0.29) is 30.3 Å². The number of likely N-dealkylation sites (tertiary alicyclic amines) is 2. The summed E-state index contributed by atoms with van der Waals surface area (Å²) in [6.07, 6.45) is 8.54. The van der Waals surface area contributed by atoms with Crippen molar-refractivity contribution >= 4 is 24.0 Å². The number of imidazole rings is 3. The number of carbonyl (C=O) groups is 4. The average molecular weight is 883 g/mol. The van der Waals surface area contributed by atoms with Gasteiger partial charge in [-0.25, -0.2) is 24.5 Å². The highest BCUT2D eigenvalue weighted by molar-refractivity contribution is 5.87. The zero-order valence-corrected chi connectivity index (χ0v) is 36.9. The van der Waals surface area contributed by atoms with Crippen LogP contribution in [0.1, 0.15) is 67.6 Å². The molecular formula is C48H54N10O7. The second kappa shape index (κ2) is 20.1. The van der Waals surface area contributed by atoms with E-state index in [2.05, 4.69) is 54.8 Å². The van der Waals surface area contributed by atoms with Gasteiger partial charge in [0.25, 0.3) is 0 Å². The number of benzene rings is 3. The molecule has 3 aromatic heterocycles. The number of rotatable bonds is 15. The van der Waals surface area contributed by atoms with E-state index >= 15 is 0 Å². The number of methoxy groups -OCH3 is 3. The van der Waals surface area contributed by atoms with Crippen LogP contribution in [0.4, 0.5) is 9.59 Å². The Bertz CT molecular complexity index is 2570. The van der Waals surface area contributed by atoms with Gasteiger partial charge in [0.2, 0.25) is 11.8 Å². The topological polar surface area (TPSA) is 202 Å². The lowest BCUT2D eigenvalue weighted by molar-refractivity contribution is -0.137. The lowest BCUT2D eigenvalue weighted by atomic mass is 10.0. The molecule has 0 spiro atoms. The van der Waals surface area contributed by atoms with Crippen LogP contribution in [0.2, 0.25) is 0 Å². The van der Waals surface area contributed by atoms with Crippen molar-refractivity contribution in [3.05, 3.63) is 127 Å². The summed E-state index contributed by atoms with van der Waals surface area (Å²) in [5, 5.41) is 5.37. The molecule has 6 aromatic rings. The minimum absolute atomic E-state index is 0.208. The number of nitrogens with one attached hydrogen (secondary N) is 4. The van der Waals surface area contributed by atoms with Gasteiger partial charge in [0.05, 0.1) is 68.2 Å². The van der Waals surface area contributed by atoms with Gasteiger partial charge in [0.1, 0.15) is 23.7 Å². The van der Waals surface area contributed by atoms with E-state index in [1.54, 1.807) is 35.4 Å². The summed E-state index contributed by atoms with van der Waals surface area (Å²) in [6.45, 7) is 3.44. The van der Waals surface area contributed by atoms with E-state index in [1.807, 2.05) is 65.4 Å². The summed E-state index contributed by atoms with van der Waals surface area (Å²) in [5.74, 6) is 0.892. The molecule has 3 aromatic carbocycles. The van der Waals surface area contributed by atoms with Gasteiger partial charge in [0.15, 0.2) is 0 Å². The molecule has 0 saturated carbocycles. The number of H-pyrrole nitrogens is 2. The van der Waals surface area contributed by atoms with Gasteiger partial charge in [-0.1, -0.05) is 78.9 Å². The number of hydrogen-bond acceptors (Lipinski definition) is 10. The molecule has 0 unspecified atom stereocenters. The monoisotopic (exact) mass is 882 g/mol. The molecule has 5 heterocycles. The molecule has 8 rings (SSSR count). The Morgan fingerprint density at radius 2 is 1.22 bits per heavy atom. The fraction of sp³-hybridized carbons (Fsp3) is 0.354. The van der Waals surface area contributed by atoms with Crippen molar-refractivity contribution in [3.63, 3.8) is 0 Å². The summed E-state index contributed by atoms with van der Waals surface area (Å²) < 4.78 is 17.0. The number of hydrogen-bond donors (Lipinski definition) is 4. The maximum atomic E-state index is 14.2. The van der Waals surface area contributed by atoms with Crippen LogP contribution in [0.5, 0.6) is 0 Å². The van der Waals surface area contributed by atoms with Crippen molar-refractivity contribution in [2.75, 3.05) is 34.4 Å². The fourth-order valence-electron chi connectivity index (χ4n) is 8.70. The Morgan fingerprint density at radius 1 is 0.692 bits per heavy atom. The van der Waals surface area contributed by atoms with Gasteiger partial charge < -0.3 is 49.2 Å². The largest absolute Gasteiger partial charge is 0.453 e. The van der Waals surface area contributed by atoms with Crippen LogP contribution in [-0.4, -0.2) is 116 Å². The molecule has 338 valence electrons. The average Bonchev–Trinajstić information content (AvgIpc) is 4.21. The predicted molar refractivity (Wildman–Crippen MR) is 241 cm³/mol. The van der Waals surface area contributed by atoms with Crippen LogP contribution in [0.15, 0.2) is 104 Å². The first-order valence-electron chi connectivity index (χ1n) is 21.8. The van der Waals surface area contributed by atoms with E-state index < -0.39 is 30.4 Å². The van der Waals surface area contributed by atoms with E-state index in [0.29, 0.717) is 37.0 Å². The third-order valence-electron chi connectivity index (χ3n) is 12.3. The zero-order chi connectivity index (χ0) is 45.5. The summed E-state index contributed by atoms with van der Waals surface area (Å²) in [6, 6.07) is 24.1. The molecular weight excluding hydrogens is 829 g/mol. The summed E-state index contributed by atoms with van der Waals surface area (Å²) in [5.41, 5.74) is 7.43. The first-order valence-corrected chi connectivity index (χ1v) is 21.8. The summed E-state index contributed by atoms with van der Waals surface area (Å²) in [4.78, 5) is 76.7. The van der Waals surface area contributed by atoms with Crippen molar-refractivity contribution in [1.82, 2.24) is 49.9 Å². The SMILES string of the molecule is COC(=O)N[C@@H](Cc1cn(Cc2ccccc2)cn1)C(=O)N1CCC[C@H]1c1ncc(-c2ccc(-c3ccc(-c4cnc([C@@H]5CCCN5C(=O)[C@@H](NC(=O)OC)[C@@H](C)OC)[nH]4)cc3)cc2)[nH]1. The number of carbonyl (C=O) groups excluding carboxylic acids is 4. The maximum Gasteiger partial charge on any atom is 0.407 e. The van der Waals surface area contributed by atoms with Crippen LogP contribution in [-0.2, 0) is 36.8 Å². The molecule has 2 aliphatic heterocycles. The number of aromatic amines is 2. The highest BCUT2D eigenvalue weighted by atomic mass is 16.5. The molecule has 5 atom stereocenters. The van der Waals surface area contributed by atoms with Crippen molar-refractivity contribution < 1.29 is 33.4 Å². The van der Waals surface area contributed by atoms with Crippen LogP contribution in [0.25, 0.3) is 33.6 Å². The lowest BCUT2D eigenvalue weighted by Gasteiger charge is -2.30. The van der Waals surface area contributed by atoms with E-state index in [9.17, 15) is 19.2 Å². The normalized spacial score (nSPS) is 17.4.